The first kappa shape index (κ1) is 20.9. The first-order valence-electron chi connectivity index (χ1n) is 9.28. The van der Waals surface area contributed by atoms with Gasteiger partial charge in [0.2, 0.25) is 0 Å². The zero-order valence-corrected chi connectivity index (χ0v) is 17.3. The van der Waals surface area contributed by atoms with Crippen molar-refractivity contribution >= 4 is 27.5 Å². The van der Waals surface area contributed by atoms with Crippen molar-refractivity contribution in [1.82, 2.24) is 15.1 Å². The number of aryl methyl sites for hydroxylation is 1. The van der Waals surface area contributed by atoms with E-state index in [1.807, 2.05) is 30.3 Å². The van der Waals surface area contributed by atoms with Crippen molar-refractivity contribution < 1.29 is 22.7 Å². The number of halogens is 3. The van der Waals surface area contributed by atoms with Crippen LogP contribution in [0, 0.1) is 5.21 Å². The second kappa shape index (κ2) is 7.69. The van der Waals surface area contributed by atoms with Gasteiger partial charge in [0.15, 0.2) is 6.20 Å². The molecule has 1 N–H and O–H groups in total. The number of nitrogens with one attached hydrogen (secondary N) is 1. The van der Waals surface area contributed by atoms with Crippen LogP contribution < -0.4 is 10.0 Å². The van der Waals surface area contributed by atoms with Gasteiger partial charge in [0.25, 0.3) is 11.6 Å². The highest BCUT2D eigenvalue weighted by Gasteiger charge is 2.39. The van der Waals surface area contributed by atoms with Crippen LogP contribution in [-0.4, -0.2) is 15.7 Å². The van der Waals surface area contributed by atoms with Crippen molar-refractivity contribution in [3.63, 3.8) is 0 Å². The molecule has 0 saturated heterocycles. The van der Waals surface area contributed by atoms with Crippen LogP contribution in [0.3, 0.4) is 0 Å². The van der Waals surface area contributed by atoms with Gasteiger partial charge in [-0.05, 0) is 19.1 Å². The Balaban J connectivity index is 1.58. The van der Waals surface area contributed by atoms with E-state index in [-0.39, 0.29) is 16.2 Å². The van der Waals surface area contributed by atoms with Crippen LogP contribution in [0.15, 0.2) is 54.7 Å². The predicted molar refractivity (Wildman–Crippen MR) is 110 cm³/mol. The summed E-state index contributed by atoms with van der Waals surface area (Å²) in [5, 5.41) is 19.8. The molecule has 3 heterocycles. The first-order valence-corrected chi connectivity index (χ1v) is 10.1. The number of fused-ring (bicyclic) bond motifs is 1. The van der Waals surface area contributed by atoms with Gasteiger partial charge in [0.1, 0.15) is 10.5 Å². The summed E-state index contributed by atoms with van der Waals surface area (Å²) in [5.41, 5.74) is 0.650. The number of hydrogen-bond donors (Lipinski definition) is 1. The maximum atomic E-state index is 12.8. The number of amides is 1. The van der Waals surface area contributed by atoms with Crippen LogP contribution in [0.2, 0.25) is 0 Å². The smallest absolute Gasteiger partial charge is 0.478 e. The first-order chi connectivity index (χ1) is 14.6. The monoisotopic (exact) mass is 446 g/mol. The Bertz CT molecular complexity index is 1270. The van der Waals surface area contributed by atoms with Crippen LogP contribution >= 0.6 is 11.3 Å². The molecule has 4 rings (SSSR count). The van der Waals surface area contributed by atoms with E-state index in [9.17, 15) is 23.2 Å². The Morgan fingerprint density at radius 2 is 1.94 bits per heavy atom. The third-order valence-corrected chi connectivity index (χ3v) is 6.06. The van der Waals surface area contributed by atoms with E-state index < -0.39 is 17.9 Å². The normalized spacial score (nSPS) is 12.8. The van der Waals surface area contributed by atoms with Gasteiger partial charge in [0, 0.05) is 29.6 Å². The fourth-order valence-corrected chi connectivity index (χ4v) is 4.26. The maximum absolute atomic E-state index is 12.8. The van der Waals surface area contributed by atoms with Gasteiger partial charge >= 0.3 is 6.18 Å². The van der Waals surface area contributed by atoms with E-state index in [4.69, 9.17) is 0 Å². The zero-order valence-electron chi connectivity index (χ0n) is 16.5. The molecule has 0 aliphatic heterocycles. The van der Waals surface area contributed by atoms with Gasteiger partial charge in [-0.2, -0.15) is 23.0 Å². The van der Waals surface area contributed by atoms with E-state index in [2.05, 4.69) is 10.4 Å². The van der Waals surface area contributed by atoms with Gasteiger partial charge in [0.05, 0.1) is 10.9 Å². The van der Waals surface area contributed by atoms with Gasteiger partial charge in [-0.3, -0.25) is 9.48 Å². The molecule has 0 aliphatic carbocycles. The van der Waals surface area contributed by atoms with Gasteiger partial charge in [-0.25, -0.2) is 0 Å². The molecule has 1 atom stereocenters. The van der Waals surface area contributed by atoms with Crippen molar-refractivity contribution in [2.45, 2.75) is 19.1 Å². The molecule has 0 unspecified atom stereocenters. The lowest BCUT2D eigenvalue weighted by molar-refractivity contribution is -0.629. The summed E-state index contributed by atoms with van der Waals surface area (Å²) in [4.78, 5) is 14.0. The number of pyridine rings is 1. The largest absolute Gasteiger partial charge is 0.618 e. The molecule has 160 valence electrons. The van der Waals surface area contributed by atoms with Crippen molar-refractivity contribution in [1.29, 1.82) is 0 Å². The molecule has 0 aliphatic rings. The fraction of sp³-hybridized carbons (Fsp3) is 0.190. The van der Waals surface area contributed by atoms with E-state index in [0.29, 0.717) is 10.9 Å². The minimum atomic E-state index is -4.74. The third kappa shape index (κ3) is 3.98. The minimum Gasteiger partial charge on any atom is -0.618 e. The summed E-state index contributed by atoms with van der Waals surface area (Å²) < 4.78 is 39.8. The van der Waals surface area contributed by atoms with Crippen molar-refractivity contribution in [3.05, 3.63) is 76.1 Å². The summed E-state index contributed by atoms with van der Waals surface area (Å²) in [6.07, 6.45) is -3.91. The highest BCUT2D eigenvalue weighted by atomic mass is 32.1. The lowest BCUT2D eigenvalue weighted by atomic mass is 10.1. The summed E-state index contributed by atoms with van der Waals surface area (Å²) in [5.74, 6) is -0.384. The van der Waals surface area contributed by atoms with E-state index >= 15 is 0 Å². The Hall–Kier alpha value is -3.40. The molecule has 3 aromatic heterocycles. The molecule has 6 nitrogen and oxygen atoms in total. The maximum Gasteiger partial charge on any atom is 0.478 e. The number of hydrogen-bond acceptors (Lipinski definition) is 4. The molecule has 1 amide bonds. The molecule has 10 heteroatoms. The number of rotatable bonds is 4. The second-order valence-electron chi connectivity index (χ2n) is 7.03. The summed E-state index contributed by atoms with van der Waals surface area (Å²) >= 11 is 1.27. The molecular formula is C21H17F3N4O2S. The topological polar surface area (TPSA) is 73.9 Å². The molecule has 0 radical (unpaired) electrons. The molecule has 0 fully saturated rings. The number of alkyl halides is 3. The Morgan fingerprint density at radius 3 is 2.58 bits per heavy atom. The van der Waals surface area contributed by atoms with Crippen molar-refractivity contribution in [2.75, 3.05) is 0 Å². The van der Waals surface area contributed by atoms with E-state index in [1.165, 1.54) is 17.4 Å². The standard InChI is InChI=1S/C21H17F3N4O2S/c1-12(14-8-9-17(21(22,23)24)28(30)11-14)25-19(29)16-10-15-18(13-6-4-3-5-7-13)26-27(2)20(15)31-16/h3-12H,1-2H3,(H,25,29)/t12-/m1/s1. The SMILES string of the molecule is C[C@@H](NC(=O)c1cc2c(-c3ccccc3)nn(C)c2s1)c1ccc(C(F)(F)F)[n+]([O-])c1. The molecule has 0 spiro atoms. The number of carbonyl (C=O) groups excluding carboxylic acids is 1. The van der Waals surface area contributed by atoms with Crippen LogP contribution in [-0.2, 0) is 13.2 Å². The van der Waals surface area contributed by atoms with Crippen molar-refractivity contribution in [3.8, 4) is 11.3 Å². The van der Waals surface area contributed by atoms with Gasteiger partial charge in [-0.1, -0.05) is 30.3 Å². The number of nitrogens with zero attached hydrogens (tertiary/aromatic N) is 3. The van der Waals surface area contributed by atoms with Crippen LogP contribution in [0.4, 0.5) is 13.2 Å². The average Bonchev–Trinajstić information content (AvgIpc) is 3.28. The van der Waals surface area contributed by atoms with Crippen LogP contribution in [0.1, 0.15) is 33.9 Å². The molecular weight excluding hydrogens is 429 g/mol. The average molecular weight is 446 g/mol. The Kier molecular flexibility index (Phi) is 5.18. The molecule has 4 aromatic rings. The summed E-state index contributed by atoms with van der Waals surface area (Å²) in [6, 6.07) is 12.6. The molecule has 0 saturated carbocycles. The molecule has 31 heavy (non-hydrogen) atoms. The van der Waals surface area contributed by atoms with E-state index in [0.717, 1.165) is 27.7 Å². The van der Waals surface area contributed by atoms with Crippen molar-refractivity contribution in [2.24, 2.45) is 7.05 Å². The fourth-order valence-electron chi connectivity index (χ4n) is 3.29. The lowest BCUT2D eigenvalue weighted by Gasteiger charge is -2.14. The predicted octanol–water partition coefficient (Wildman–Crippen LogP) is 4.45. The quantitative estimate of drug-likeness (QED) is 0.372. The van der Waals surface area contributed by atoms with E-state index in [1.54, 1.807) is 24.7 Å². The third-order valence-electron chi connectivity index (χ3n) is 4.86. The Morgan fingerprint density at radius 1 is 1.23 bits per heavy atom. The highest BCUT2D eigenvalue weighted by molar-refractivity contribution is 7.20. The number of aromatic nitrogens is 3. The zero-order chi connectivity index (χ0) is 22.3. The van der Waals surface area contributed by atoms with Crippen LogP contribution in [0.25, 0.3) is 21.5 Å². The summed E-state index contributed by atoms with van der Waals surface area (Å²) in [7, 11) is 1.80. The van der Waals surface area contributed by atoms with Crippen LogP contribution in [0.5, 0.6) is 0 Å². The number of carbonyl (C=O) groups is 1. The molecule has 0 bridgehead atoms. The molecule has 1 aromatic carbocycles. The number of benzene rings is 1. The lowest BCUT2D eigenvalue weighted by Crippen LogP contribution is -2.38. The Labute approximate surface area is 179 Å². The highest BCUT2D eigenvalue weighted by Crippen LogP contribution is 2.34. The summed E-state index contributed by atoms with van der Waals surface area (Å²) in [6.45, 7) is 1.60. The van der Waals surface area contributed by atoms with Gasteiger partial charge in [-0.15, -0.1) is 11.3 Å². The minimum absolute atomic E-state index is 0.227. The van der Waals surface area contributed by atoms with Gasteiger partial charge < -0.3 is 10.5 Å². The second-order valence-corrected chi connectivity index (χ2v) is 8.06. The number of thiophene rings is 1.